The lowest BCUT2D eigenvalue weighted by atomic mass is 10.3. The Balaban J connectivity index is 1.99. The van der Waals surface area contributed by atoms with E-state index in [1.54, 1.807) is 6.07 Å². The number of hydrogen-bond acceptors (Lipinski definition) is 3. The summed E-state index contributed by atoms with van der Waals surface area (Å²) in [4.78, 5) is 0. The second-order valence-electron chi connectivity index (χ2n) is 3.51. The fourth-order valence-corrected chi connectivity index (χ4v) is 1.89. The van der Waals surface area contributed by atoms with Gasteiger partial charge in [-0.1, -0.05) is 11.6 Å². The standard InChI is InChI=1S/C12H11BrClNO2/c13-11-5-8(1-4-12(11)14)15-6-9-2-3-10(7-16)17-9/h1-5,15-16H,6-7H2. The molecule has 0 atom stereocenters. The van der Waals surface area contributed by atoms with Gasteiger partial charge in [-0.2, -0.15) is 0 Å². The second kappa shape index (κ2) is 5.58. The van der Waals surface area contributed by atoms with Crippen molar-refractivity contribution in [2.24, 2.45) is 0 Å². The first-order valence-electron chi connectivity index (χ1n) is 5.06. The van der Waals surface area contributed by atoms with E-state index in [9.17, 15) is 0 Å². The molecule has 0 radical (unpaired) electrons. The highest BCUT2D eigenvalue weighted by Gasteiger charge is 2.02. The molecule has 1 aromatic carbocycles. The van der Waals surface area contributed by atoms with Crippen LogP contribution in [0.2, 0.25) is 5.02 Å². The molecule has 17 heavy (non-hydrogen) atoms. The zero-order valence-corrected chi connectivity index (χ0v) is 11.3. The van der Waals surface area contributed by atoms with E-state index >= 15 is 0 Å². The molecule has 0 amide bonds. The molecular formula is C12H11BrClNO2. The molecule has 0 spiro atoms. The van der Waals surface area contributed by atoms with E-state index in [1.165, 1.54) is 0 Å². The maximum Gasteiger partial charge on any atom is 0.129 e. The normalized spacial score (nSPS) is 10.5. The first-order chi connectivity index (χ1) is 8.19. The summed E-state index contributed by atoms with van der Waals surface area (Å²) in [5.74, 6) is 1.35. The molecule has 0 fully saturated rings. The van der Waals surface area contributed by atoms with Crippen LogP contribution in [0, 0.1) is 0 Å². The summed E-state index contributed by atoms with van der Waals surface area (Å²) in [5, 5.41) is 12.7. The highest BCUT2D eigenvalue weighted by molar-refractivity contribution is 9.10. The molecule has 2 aromatic rings. The Morgan fingerprint density at radius 2 is 2.00 bits per heavy atom. The van der Waals surface area contributed by atoms with Crippen LogP contribution in [0.1, 0.15) is 11.5 Å². The van der Waals surface area contributed by atoms with Gasteiger partial charge in [0.1, 0.15) is 18.1 Å². The Kier molecular flexibility index (Phi) is 4.10. The molecule has 0 unspecified atom stereocenters. The first-order valence-corrected chi connectivity index (χ1v) is 6.23. The number of furan rings is 1. The number of aliphatic hydroxyl groups is 1. The summed E-state index contributed by atoms with van der Waals surface area (Å²) >= 11 is 9.26. The van der Waals surface area contributed by atoms with Gasteiger partial charge in [0.2, 0.25) is 0 Å². The molecule has 0 saturated carbocycles. The number of benzene rings is 1. The number of anilines is 1. The van der Waals surface area contributed by atoms with Crippen molar-refractivity contribution in [2.45, 2.75) is 13.2 Å². The van der Waals surface area contributed by atoms with Crippen molar-refractivity contribution in [3.63, 3.8) is 0 Å². The van der Waals surface area contributed by atoms with E-state index in [-0.39, 0.29) is 6.61 Å². The second-order valence-corrected chi connectivity index (χ2v) is 4.77. The van der Waals surface area contributed by atoms with Crippen LogP contribution in [0.25, 0.3) is 0 Å². The van der Waals surface area contributed by atoms with Gasteiger partial charge in [0, 0.05) is 10.2 Å². The smallest absolute Gasteiger partial charge is 0.129 e. The van der Waals surface area contributed by atoms with Crippen molar-refractivity contribution < 1.29 is 9.52 Å². The van der Waals surface area contributed by atoms with Crippen molar-refractivity contribution in [1.82, 2.24) is 0 Å². The van der Waals surface area contributed by atoms with Crippen molar-refractivity contribution >= 4 is 33.2 Å². The van der Waals surface area contributed by atoms with E-state index in [4.69, 9.17) is 21.1 Å². The van der Waals surface area contributed by atoms with Crippen LogP contribution in [-0.4, -0.2) is 5.11 Å². The van der Waals surface area contributed by atoms with Gasteiger partial charge in [-0.25, -0.2) is 0 Å². The number of aliphatic hydroxyl groups excluding tert-OH is 1. The van der Waals surface area contributed by atoms with E-state index in [0.717, 1.165) is 15.9 Å². The molecule has 1 aromatic heterocycles. The van der Waals surface area contributed by atoms with Crippen LogP contribution in [0.15, 0.2) is 39.2 Å². The lowest BCUT2D eigenvalue weighted by Crippen LogP contribution is -1.97. The molecule has 2 N–H and O–H groups in total. The monoisotopic (exact) mass is 315 g/mol. The number of nitrogens with one attached hydrogen (secondary N) is 1. The maximum atomic E-state index is 8.87. The first kappa shape index (κ1) is 12.5. The van der Waals surface area contributed by atoms with Gasteiger partial charge in [-0.3, -0.25) is 0 Å². The molecule has 5 heteroatoms. The van der Waals surface area contributed by atoms with Gasteiger partial charge in [0.25, 0.3) is 0 Å². The number of hydrogen-bond donors (Lipinski definition) is 2. The minimum absolute atomic E-state index is 0.0769. The Morgan fingerprint density at radius 3 is 2.65 bits per heavy atom. The third-order valence-electron chi connectivity index (χ3n) is 2.26. The number of rotatable bonds is 4. The lowest BCUT2D eigenvalue weighted by molar-refractivity contribution is 0.244. The third kappa shape index (κ3) is 3.25. The van der Waals surface area contributed by atoms with Crippen molar-refractivity contribution in [1.29, 1.82) is 0 Å². The molecule has 1 heterocycles. The quantitative estimate of drug-likeness (QED) is 0.902. The summed E-state index contributed by atoms with van der Waals surface area (Å²) in [6, 6.07) is 9.20. The van der Waals surface area contributed by atoms with Crippen molar-refractivity contribution in [3.8, 4) is 0 Å². The summed E-state index contributed by atoms with van der Waals surface area (Å²) in [6.07, 6.45) is 0. The van der Waals surface area contributed by atoms with Crippen molar-refractivity contribution in [3.05, 3.63) is 51.3 Å². The fourth-order valence-electron chi connectivity index (χ4n) is 1.40. The van der Waals surface area contributed by atoms with Crippen LogP contribution < -0.4 is 5.32 Å². The predicted octanol–water partition coefficient (Wildman–Crippen LogP) is 3.80. The third-order valence-corrected chi connectivity index (χ3v) is 3.47. The largest absolute Gasteiger partial charge is 0.462 e. The Hall–Kier alpha value is -0.970. The predicted molar refractivity (Wildman–Crippen MR) is 71.1 cm³/mol. The Morgan fingerprint density at radius 1 is 1.24 bits per heavy atom. The van der Waals surface area contributed by atoms with Gasteiger partial charge in [0.15, 0.2) is 0 Å². The Bertz CT molecular complexity index is 513. The maximum absolute atomic E-state index is 8.87. The van der Waals surface area contributed by atoms with Crippen LogP contribution in [0.3, 0.4) is 0 Å². The molecule has 3 nitrogen and oxygen atoms in total. The zero-order valence-electron chi connectivity index (χ0n) is 8.91. The van der Waals surface area contributed by atoms with Gasteiger partial charge in [-0.15, -0.1) is 0 Å². The van der Waals surface area contributed by atoms with Crippen LogP contribution in [0.4, 0.5) is 5.69 Å². The van der Waals surface area contributed by atoms with Crippen molar-refractivity contribution in [2.75, 3.05) is 5.32 Å². The van der Waals surface area contributed by atoms with Gasteiger partial charge in [-0.05, 0) is 46.3 Å². The fraction of sp³-hybridized carbons (Fsp3) is 0.167. The molecule has 0 aliphatic rings. The molecule has 0 bridgehead atoms. The van der Waals surface area contributed by atoms with Crippen LogP contribution >= 0.6 is 27.5 Å². The molecule has 2 rings (SSSR count). The Labute approximate surface area is 113 Å². The molecule has 0 aliphatic carbocycles. The highest BCUT2D eigenvalue weighted by Crippen LogP contribution is 2.25. The van der Waals surface area contributed by atoms with E-state index in [2.05, 4.69) is 21.2 Å². The van der Waals surface area contributed by atoms with Gasteiger partial charge >= 0.3 is 0 Å². The topological polar surface area (TPSA) is 45.4 Å². The van der Waals surface area contributed by atoms with Gasteiger partial charge < -0.3 is 14.8 Å². The molecule has 0 saturated heterocycles. The van der Waals surface area contributed by atoms with Crippen LogP contribution in [0.5, 0.6) is 0 Å². The van der Waals surface area contributed by atoms with Gasteiger partial charge in [0.05, 0.1) is 11.6 Å². The SMILES string of the molecule is OCc1ccc(CNc2ccc(Cl)c(Br)c2)o1. The minimum Gasteiger partial charge on any atom is -0.462 e. The summed E-state index contributed by atoms with van der Waals surface area (Å²) < 4.78 is 6.21. The summed E-state index contributed by atoms with van der Waals surface area (Å²) in [5.41, 5.74) is 0.947. The lowest BCUT2D eigenvalue weighted by Gasteiger charge is -2.05. The average molecular weight is 317 g/mol. The minimum atomic E-state index is -0.0769. The zero-order chi connectivity index (χ0) is 12.3. The summed E-state index contributed by atoms with van der Waals surface area (Å²) in [6.45, 7) is 0.487. The molecule has 90 valence electrons. The number of halogens is 2. The molecule has 0 aliphatic heterocycles. The van der Waals surface area contributed by atoms with E-state index in [0.29, 0.717) is 17.3 Å². The highest BCUT2D eigenvalue weighted by atomic mass is 79.9. The molecular weight excluding hydrogens is 305 g/mol. The van der Waals surface area contributed by atoms with E-state index < -0.39 is 0 Å². The van der Waals surface area contributed by atoms with Crippen LogP contribution in [-0.2, 0) is 13.2 Å². The summed E-state index contributed by atoms with van der Waals surface area (Å²) in [7, 11) is 0. The average Bonchev–Trinajstić information content (AvgIpc) is 2.79. The van der Waals surface area contributed by atoms with E-state index in [1.807, 2.05) is 24.3 Å².